The summed E-state index contributed by atoms with van der Waals surface area (Å²) in [6.45, 7) is 6.02. The molecule has 0 aliphatic heterocycles. The molecule has 76 valence electrons. The zero-order valence-electron chi connectivity index (χ0n) is 8.25. The number of aliphatic hydroxyl groups is 1. The smallest absolute Gasteiger partial charge is 0.220 e. The van der Waals surface area contributed by atoms with Gasteiger partial charge in [0.05, 0.1) is 6.10 Å². The molecule has 1 amide bonds. The zero-order chi connectivity index (χ0) is 10.1. The lowest BCUT2D eigenvalue weighted by atomic mass is 10.2. The van der Waals surface area contributed by atoms with Gasteiger partial charge < -0.3 is 10.4 Å². The molecule has 0 aliphatic carbocycles. The quantitative estimate of drug-likeness (QED) is 0.586. The third-order valence-corrected chi connectivity index (χ3v) is 1.85. The molecule has 0 rings (SSSR count). The van der Waals surface area contributed by atoms with Crippen LogP contribution in [0.25, 0.3) is 0 Å². The van der Waals surface area contributed by atoms with Gasteiger partial charge in [0.1, 0.15) is 0 Å². The van der Waals surface area contributed by atoms with Crippen molar-refractivity contribution in [3.8, 4) is 0 Å². The Morgan fingerprint density at radius 2 is 2.38 bits per heavy atom. The third-order valence-electron chi connectivity index (χ3n) is 1.85. The molecule has 0 spiro atoms. The predicted octanol–water partition coefficient (Wildman–Crippen LogP) is 1.23. The first-order chi connectivity index (χ1) is 6.20. The van der Waals surface area contributed by atoms with Gasteiger partial charge in [-0.05, 0) is 19.3 Å². The van der Waals surface area contributed by atoms with Crippen LogP contribution in [0, 0.1) is 0 Å². The Hall–Kier alpha value is -0.830. The molecule has 0 heterocycles. The molecule has 0 aromatic rings. The zero-order valence-corrected chi connectivity index (χ0v) is 8.25. The monoisotopic (exact) mass is 185 g/mol. The van der Waals surface area contributed by atoms with Crippen molar-refractivity contribution in [2.45, 2.75) is 38.7 Å². The van der Waals surface area contributed by atoms with Crippen LogP contribution in [0.15, 0.2) is 12.7 Å². The van der Waals surface area contributed by atoms with Crippen LogP contribution in [0.1, 0.15) is 32.6 Å². The lowest BCUT2D eigenvalue weighted by Crippen LogP contribution is -2.26. The van der Waals surface area contributed by atoms with Crippen LogP contribution < -0.4 is 5.32 Å². The molecule has 13 heavy (non-hydrogen) atoms. The van der Waals surface area contributed by atoms with E-state index in [-0.39, 0.29) is 12.0 Å². The number of hydrogen-bond donors (Lipinski definition) is 2. The molecule has 3 heteroatoms. The largest absolute Gasteiger partial charge is 0.393 e. The maximum Gasteiger partial charge on any atom is 0.220 e. The fourth-order valence-electron chi connectivity index (χ4n) is 0.904. The second kappa shape index (κ2) is 7.80. The van der Waals surface area contributed by atoms with Gasteiger partial charge in [-0.15, -0.1) is 6.58 Å². The maximum absolute atomic E-state index is 11.0. The van der Waals surface area contributed by atoms with E-state index in [1.807, 2.05) is 6.92 Å². The first-order valence-corrected chi connectivity index (χ1v) is 4.76. The highest BCUT2D eigenvalue weighted by Crippen LogP contribution is 1.95. The van der Waals surface area contributed by atoms with E-state index in [0.717, 1.165) is 6.42 Å². The van der Waals surface area contributed by atoms with Gasteiger partial charge in [-0.2, -0.15) is 0 Å². The van der Waals surface area contributed by atoms with Crippen LogP contribution in [-0.2, 0) is 4.79 Å². The van der Waals surface area contributed by atoms with Crippen LogP contribution in [0.2, 0.25) is 0 Å². The van der Waals surface area contributed by atoms with E-state index in [0.29, 0.717) is 25.8 Å². The molecule has 3 nitrogen and oxygen atoms in total. The lowest BCUT2D eigenvalue weighted by molar-refractivity contribution is -0.121. The molecule has 0 aromatic carbocycles. The van der Waals surface area contributed by atoms with Gasteiger partial charge in [0, 0.05) is 13.0 Å². The van der Waals surface area contributed by atoms with Crippen molar-refractivity contribution < 1.29 is 9.90 Å². The summed E-state index contributed by atoms with van der Waals surface area (Å²) in [5.41, 5.74) is 0. The van der Waals surface area contributed by atoms with Crippen LogP contribution in [0.5, 0.6) is 0 Å². The fraction of sp³-hybridized carbons (Fsp3) is 0.700. The van der Waals surface area contributed by atoms with E-state index in [1.54, 1.807) is 6.08 Å². The number of hydrogen-bond acceptors (Lipinski definition) is 2. The molecular formula is C10H19NO2. The predicted molar refractivity (Wildman–Crippen MR) is 53.4 cm³/mol. The molecule has 1 atom stereocenters. The van der Waals surface area contributed by atoms with Gasteiger partial charge in [-0.25, -0.2) is 0 Å². The Bertz CT molecular complexity index is 157. The Balaban J connectivity index is 3.31. The second-order valence-electron chi connectivity index (χ2n) is 3.03. The normalized spacial score (nSPS) is 12.2. The topological polar surface area (TPSA) is 49.3 Å². The van der Waals surface area contributed by atoms with E-state index >= 15 is 0 Å². The molecule has 0 saturated heterocycles. The minimum atomic E-state index is -0.292. The average Bonchev–Trinajstić information content (AvgIpc) is 2.14. The van der Waals surface area contributed by atoms with Crippen molar-refractivity contribution in [2.75, 3.05) is 6.54 Å². The molecule has 2 N–H and O–H groups in total. The summed E-state index contributed by atoms with van der Waals surface area (Å²) in [7, 11) is 0. The Kier molecular flexibility index (Phi) is 7.30. The molecule has 0 saturated carbocycles. The summed E-state index contributed by atoms with van der Waals surface area (Å²) in [5.74, 6) is 0.0307. The van der Waals surface area contributed by atoms with Crippen LogP contribution in [0.3, 0.4) is 0 Å². The third kappa shape index (κ3) is 7.53. The summed E-state index contributed by atoms with van der Waals surface area (Å²) in [6, 6.07) is 0. The minimum Gasteiger partial charge on any atom is -0.393 e. The Labute approximate surface area is 79.8 Å². The second-order valence-corrected chi connectivity index (χ2v) is 3.03. The van der Waals surface area contributed by atoms with E-state index < -0.39 is 0 Å². The van der Waals surface area contributed by atoms with E-state index in [9.17, 15) is 9.90 Å². The minimum absolute atomic E-state index is 0.0307. The Morgan fingerprint density at radius 1 is 1.69 bits per heavy atom. The van der Waals surface area contributed by atoms with Gasteiger partial charge in [0.15, 0.2) is 0 Å². The first kappa shape index (κ1) is 12.2. The highest BCUT2D eigenvalue weighted by Gasteiger charge is 2.02. The fourth-order valence-corrected chi connectivity index (χ4v) is 0.904. The number of rotatable bonds is 7. The number of allylic oxidation sites excluding steroid dienone is 1. The molecule has 0 aliphatic rings. The number of carbonyl (C=O) groups is 1. The maximum atomic E-state index is 11.0. The molecular weight excluding hydrogens is 166 g/mol. The first-order valence-electron chi connectivity index (χ1n) is 4.76. The number of nitrogens with one attached hydrogen (secondary N) is 1. The molecule has 0 bridgehead atoms. The van der Waals surface area contributed by atoms with E-state index in [1.165, 1.54) is 0 Å². The summed E-state index contributed by atoms with van der Waals surface area (Å²) in [6.07, 6.45) is 4.01. The van der Waals surface area contributed by atoms with E-state index in [2.05, 4.69) is 11.9 Å². The summed E-state index contributed by atoms with van der Waals surface area (Å²) in [5, 5.41) is 11.9. The highest BCUT2D eigenvalue weighted by atomic mass is 16.3. The SMILES string of the molecule is C=CCCC(=O)NCCC(O)CC. The van der Waals surface area contributed by atoms with Gasteiger partial charge in [0.2, 0.25) is 5.91 Å². The summed E-state index contributed by atoms with van der Waals surface area (Å²) in [4.78, 5) is 11.0. The van der Waals surface area contributed by atoms with Crippen molar-refractivity contribution in [3.63, 3.8) is 0 Å². The van der Waals surface area contributed by atoms with Gasteiger partial charge in [-0.1, -0.05) is 13.0 Å². The highest BCUT2D eigenvalue weighted by molar-refractivity contribution is 5.75. The number of aliphatic hydroxyl groups excluding tert-OH is 1. The number of carbonyl (C=O) groups excluding carboxylic acids is 1. The van der Waals surface area contributed by atoms with Gasteiger partial charge in [0.25, 0.3) is 0 Å². The average molecular weight is 185 g/mol. The lowest BCUT2D eigenvalue weighted by Gasteiger charge is -2.08. The summed E-state index contributed by atoms with van der Waals surface area (Å²) < 4.78 is 0. The van der Waals surface area contributed by atoms with Gasteiger partial charge in [-0.3, -0.25) is 4.79 Å². The Morgan fingerprint density at radius 3 is 2.92 bits per heavy atom. The van der Waals surface area contributed by atoms with Crippen LogP contribution in [0.4, 0.5) is 0 Å². The van der Waals surface area contributed by atoms with Crippen LogP contribution >= 0.6 is 0 Å². The number of amides is 1. The van der Waals surface area contributed by atoms with Crippen LogP contribution in [-0.4, -0.2) is 23.7 Å². The molecule has 0 aromatic heterocycles. The van der Waals surface area contributed by atoms with Crippen molar-refractivity contribution in [3.05, 3.63) is 12.7 Å². The van der Waals surface area contributed by atoms with Crippen molar-refractivity contribution >= 4 is 5.91 Å². The summed E-state index contributed by atoms with van der Waals surface area (Å²) >= 11 is 0. The molecule has 0 fully saturated rings. The van der Waals surface area contributed by atoms with Crippen molar-refractivity contribution in [1.82, 2.24) is 5.32 Å². The van der Waals surface area contributed by atoms with Crippen molar-refractivity contribution in [1.29, 1.82) is 0 Å². The van der Waals surface area contributed by atoms with E-state index in [4.69, 9.17) is 0 Å². The standard InChI is InChI=1S/C10H19NO2/c1-3-5-6-10(13)11-8-7-9(12)4-2/h3,9,12H,1,4-8H2,2H3,(H,11,13). The molecule has 0 radical (unpaired) electrons. The van der Waals surface area contributed by atoms with Gasteiger partial charge >= 0.3 is 0 Å². The van der Waals surface area contributed by atoms with Crippen molar-refractivity contribution in [2.24, 2.45) is 0 Å². The molecule has 1 unspecified atom stereocenters.